The molecule has 4 aromatic rings. The molecule has 0 unspecified atom stereocenters. The van der Waals surface area contributed by atoms with E-state index in [-0.39, 0.29) is 11.5 Å². The molecule has 0 aliphatic rings. The Morgan fingerprint density at radius 3 is 2.83 bits per heavy atom. The van der Waals surface area contributed by atoms with Crippen molar-refractivity contribution in [2.24, 2.45) is 0 Å². The first-order chi connectivity index (χ1) is 14.6. The Hall–Kier alpha value is -3.52. The molecule has 0 bridgehead atoms. The van der Waals surface area contributed by atoms with E-state index in [1.807, 2.05) is 17.5 Å². The minimum absolute atomic E-state index is 0.225. The van der Waals surface area contributed by atoms with Crippen LogP contribution >= 0.6 is 11.3 Å². The SMILES string of the molecule is COc1c(C(=O)NCc2cccs2)ccc2n[nH]c(/C=C/c3ccc(F)cc3F)c12. The lowest BCUT2D eigenvalue weighted by molar-refractivity contribution is 0.0948. The Morgan fingerprint density at radius 2 is 2.10 bits per heavy atom. The first-order valence-corrected chi connectivity index (χ1v) is 9.93. The molecule has 0 saturated heterocycles. The summed E-state index contributed by atoms with van der Waals surface area (Å²) in [4.78, 5) is 13.8. The summed E-state index contributed by atoms with van der Waals surface area (Å²) < 4.78 is 32.6. The molecule has 0 aliphatic carbocycles. The Labute approximate surface area is 175 Å². The van der Waals surface area contributed by atoms with Gasteiger partial charge in [-0.05, 0) is 47.9 Å². The number of carbonyl (C=O) groups is 1. The summed E-state index contributed by atoms with van der Waals surface area (Å²) in [6.45, 7) is 0.416. The average Bonchev–Trinajstić information content (AvgIpc) is 3.40. The number of aromatic nitrogens is 2. The lowest BCUT2D eigenvalue weighted by Crippen LogP contribution is -2.22. The van der Waals surface area contributed by atoms with Gasteiger partial charge in [0.05, 0.1) is 35.8 Å². The number of amides is 1. The highest BCUT2D eigenvalue weighted by atomic mass is 32.1. The number of thiophene rings is 1. The molecule has 2 aromatic carbocycles. The van der Waals surface area contributed by atoms with Gasteiger partial charge in [0, 0.05) is 16.5 Å². The van der Waals surface area contributed by atoms with E-state index in [4.69, 9.17) is 4.74 Å². The molecular weight excluding hydrogens is 408 g/mol. The zero-order valence-corrected chi connectivity index (χ0v) is 16.7. The van der Waals surface area contributed by atoms with Gasteiger partial charge in [0.15, 0.2) is 0 Å². The van der Waals surface area contributed by atoms with E-state index in [9.17, 15) is 13.6 Å². The van der Waals surface area contributed by atoms with E-state index in [0.29, 0.717) is 34.5 Å². The second-order valence-electron chi connectivity index (χ2n) is 6.44. The standard InChI is InChI=1S/C22H17F2N3O2S/c1-29-21-16(22(28)25-12-15-3-2-10-30-15)7-9-19-20(21)18(26-27-19)8-5-13-4-6-14(23)11-17(13)24/h2-11H,12H2,1H3,(H,25,28)(H,26,27)/b8-5+. The molecule has 152 valence electrons. The number of nitrogens with one attached hydrogen (secondary N) is 2. The monoisotopic (exact) mass is 425 g/mol. The number of carbonyl (C=O) groups excluding carboxylic acids is 1. The van der Waals surface area contributed by atoms with Crippen LogP contribution in [0.5, 0.6) is 5.75 Å². The number of aromatic amines is 1. The summed E-state index contributed by atoms with van der Waals surface area (Å²) in [5.74, 6) is -1.22. The highest BCUT2D eigenvalue weighted by molar-refractivity contribution is 7.09. The van der Waals surface area contributed by atoms with Crippen molar-refractivity contribution in [2.45, 2.75) is 6.54 Å². The zero-order valence-electron chi connectivity index (χ0n) is 15.9. The predicted octanol–water partition coefficient (Wildman–Crippen LogP) is 5.01. The van der Waals surface area contributed by atoms with Gasteiger partial charge in [0.2, 0.25) is 0 Å². The molecular formula is C22H17F2N3O2S. The van der Waals surface area contributed by atoms with Crippen LogP contribution in [0.15, 0.2) is 47.8 Å². The third-order valence-corrected chi connectivity index (χ3v) is 5.42. The largest absolute Gasteiger partial charge is 0.495 e. The summed E-state index contributed by atoms with van der Waals surface area (Å²) in [5.41, 5.74) is 1.73. The van der Waals surface area contributed by atoms with Crippen LogP contribution in [0, 0.1) is 11.6 Å². The van der Waals surface area contributed by atoms with Crippen molar-refractivity contribution < 1.29 is 18.3 Å². The molecule has 30 heavy (non-hydrogen) atoms. The second-order valence-corrected chi connectivity index (χ2v) is 7.47. The zero-order chi connectivity index (χ0) is 21.1. The Kier molecular flexibility index (Phi) is 5.58. The summed E-state index contributed by atoms with van der Waals surface area (Å²) in [6.07, 6.45) is 3.12. The second kappa shape index (κ2) is 8.46. The smallest absolute Gasteiger partial charge is 0.255 e. The third-order valence-electron chi connectivity index (χ3n) is 4.55. The van der Waals surface area contributed by atoms with Crippen molar-refractivity contribution >= 4 is 40.3 Å². The van der Waals surface area contributed by atoms with Crippen molar-refractivity contribution in [3.63, 3.8) is 0 Å². The third kappa shape index (κ3) is 3.95. The molecule has 2 N–H and O–H groups in total. The average molecular weight is 425 g/mol. The number of halogens is 2. The Morgan fingerprint density at radius 1 is 1.23 bits per heavy atom. The van der Waals surface area contributed by atoms with Gasteiger partial charge in [-0.15, -0.1) is 11.3 Å². The van der Waals surface area contributed by atoms with Crippen LogP contribution < -0.4 is 10.1 Å². The predicted molar refractivity (Wildman–Crippen MR) is 113 cm³/mol. The van der Waals surface area contributed by atoms with Gasteiger partial charge < -0.3 is 10.1 Å². The molecule has 0 spiro atoms. The fourth-order valence-corrected chi connectivity index (χ4v) is 3.74. The summed E-state index contributed by atoms with van der Waals surface area (Å²) in [6, 6.07) is 10.6. The van der Waals surface area contributed by atoms with Gasteiger partial charge in [-0.1, -0.05) is 6.07 Å². The number of ether oxygens (including phenoxy) is 1. The van der Waals surface area contributed by atoms with Crippen molar-refractivity contribution in [3.8, 4) is 5.75 Å². The van der Waals surface area contributed by atoms with Crippen LogP contribution in [0.25, 0.3) is 23.1 Å². The number of nitrogens with zero attached hydrogens (tertiary/aromatic N) is 1. The number of fused-ring (bicyclic) bond motifs is 1. The van der Waals surface area contributed by atoms with Gasteiger partial charge in [-0.3, -0.25) is 9.89 Å². The number of H-pyrrole nitrogens is 1. The molecule has 0 aliphatic heterocycles. The van der Waals surface area contributed by atoms with Crippen molar-refractivity contribution in [1.82, 2.24) is 15.5 Å². The van der Waals surface area contributed by atoms with Gasteiger partial charge in [-0.2, -0.15) is 5.10 Å². The van der Waals surface area contributed by atoms with Gasteiger partial charge in [0.1, 0.15) is 17.4 Å². The van der Waals surface area contributed by atoms with Crippen molar-refractivity contribution in [3.05, 3.63) is 81.2 Å². The molecule has 2 aromatic heterocycles. The fraction of sp³-hybridized carbons (Fsp3) is 0.0909. The van der Waals surface area contributed by atoms with Crippen molar-refractivity contribution in [1.29, 1.82) is 0 Å². The minimum atomic E-state index is -0.671. The molecule has 4 rings (SSSR count). The number of hydrogen-bond acceptors (Lipinski definition) is 4. The molecule has 5 nitrogen and oxygen atoms in total. The van der Waals surface area contributed by atoms with Crippen molar-refractivity contribution in [2.75, 3.05) is 7.11 Å². The van der Waals surface area contributed by atoms with E-state index in [2.05, 4.69) is 15.5 Å². The van der Waals surface area contributed by atoms with Crippen LogP contribution in [-0.2, 0) is 6.54 Å². The molecule has 0 radical (unpaired) electrons. The summed E-state index contributed by atoms with van der Waals surface area (Å²) in [5, 5.41) is 12.5. The Bertz CT molecular complexity index is 1230. The maximum atomic E-state index is 13.9. The normalized spacial score (nSPS) is 11.3. The van der Waals surface area contributed by atoms with Crippen LogP contribution in [0.3, 0.4) is 0 Å². The van der Waals surface area contributed by atoms with Gasteiger partial charge >= 0.3 is 0 Å². The number of rotatable bonds is 6. The lowest BCUT2D eigenvalue weighted by Gasteiger charge is -2.10. The van der Waals surface area contributed by atoms with E-state index in [1.165, 1.54) is 25.3 Å². The fourth-order valence-electron chi connectivity index (χ4n) is 3.10. The minimum Gasteiger partial charge on any atom is -0.495 e. The van der Waals surface area contributed by atoms with Gasteiger partial charge in [-0.25, -0.2) is 8.78 Å². The van der Waals surface area contributed by atoms with Gasteiger partial charge in [0.25, 0.3) is 5.91 Å². The maximum Gasteiger partial charge on any atom is 0.255 e. The van der Waals surface area contributed by atoms with E-state index < -0.39 is 11.6 Å². The van der Waals surface area contributed by atoms with E-state index in [0.717, 1.165) is 10.9 Å². The molecule has 0 fully saturated rings. The Balaban J connectivity index is 1.67. The first kappa shape index (κ1) is 19.8. The quantitative estimate of drug-likeness (QED) is 0.456. The first-order valence-electron chi connectivity index (χ1n) is 9.05. The van der Waals surface area contributed by atoms with Crippen LogP contribution in [-0.4, -0.2) is 23.2 Å². The summed E-state index contributed by atoms with van der Waals surface area (Å²) in [7, 11) is 1.48. The molecule has 8 heteroatoms. The molecule has 1 amide bonds. The van der Waals surface area contributed by atoms with E-state index >= 15 is 0 Å². The lowest BCUT2D eigenvalue weighted by atomic mass is 10.1. The molecule has 0 atom stereocenters. The highest BCUT2D eigenvalue weighted by Gasteiger charge is 2.19. The molecule has 0 saturated carbocycles. The maximum absolute atomic E-state index is 13.9. The molecule has 2 heterocycles. The van der Waals surface area contributed by atoms with Crippen LogP contribution in [0.2, 0.25) is 0 Å². The summed E-state index contributed by atoms with van der Waals surface area (Å²) >= 11 is 1.56. The highest BCUT2D eigenvalue weighted by Crippen LogP contribution is 2.32. The number of hydrogen-bond donors (Lipinski definition) is 2. The number of benzene rings is 2. The van der Waals surface area contributed by atoms with Crippen LogP contribution in [0.4, 0.5) is 8.78 Å². The van der Waals surface area contributed by atoms with Crippen LogP contribution in [0.1, 0.15) is 26.5 Å². The topological polar surface area (TPSA) is 67.0 Å². The van der Waals surface area contributed by atoms with E-state index in [1.54, 1.807) is 29.5 Å². The number of methoxy groups -OCH3 is 1.